The zero-order valence-electron chi connectivity index (χ0n) is 14.4. The van der Waals surface area contributed by atoms with Crippen LogP contribution < -0.4 is 10.1 Å². The Kier molecular flexibility index (Phi) is 7.07. The third kappa shape index (κ3) is 6.30. The molecule has 1 rings (SSSR count). The van der Waals surface area contributed by atoms with Crippen molar-refractivity contribution in [1.82, 2.24) is 5.32 Å². The molecule has 5 nitrogen and oxygen atoms in total. The molecule has 0 aliphatic rings. The Balaban J connectivity index is 2.47. The van der Waals surface area contributed by atoms with Crippen LogP contribution in [-0.4, -0.2) is 29.6 Å². The quantitative estimate of drug-likeness (QED) is 0.733. The lowest BCUT2D eigenvalue weighted by Crippen LogP contribution is -2.51. The number of carboxylic acids is 1. The molecule has 0 fully saturated rings. The maximum absolute atomic E-state index is 12.1. The van der Waals surface area contributed by atoms with Crippen LogP contribution >= 0.6 is 0 Å². The van der Waals surface area contributed by atoms with Crippen LogP contribution in [0, 0.1) is 5.92 Å². The second-order valence-electron chi connectivity index (χ2n) is 6.39. The molecule has 1 aromatic rings. The molecule has 1 amide bonds. The normalized spacial score (nSPS) is 13.4. The van der Waals surface area contributed by atoms with Crippen molar-refractivity contribution in [3.8, 4) is 5.75 Å². The van der Waals surface area contributed by atoms with Gasteiger partial charge in [-0.05, 0) is 43.4 Å². The molecule has 0 bridgehead atoms. The summed E-state index contributed by atoms with van der Waals surface area (Å²) < 4.78 is 5.11. The first kappa shape index (κ1) is 19.0. The van der Waals surface area contributed by atoms with Crippen molar-refractivity contribution in [2.24, 2.45) is 5.92 Å². The number of carbonyl (C=O) groups is 2. The second-order valence-corrected chi connectivity index (χ2v) is 6.39. The first-order valence-corrected chi connectivity index (χ1v) is 7.92. The number of carboxylic acid groups (broad SMARTS) is 1. The van der Waals surface area contributed by atoms with Gasteiger partial charge in [-0.15, -0.1) is 0 Å². The molecule has 0 aromatic heterocycles. The van der Waals surface area contributed by atoms with Gasteiger partial charge in [-0.2, -0.15) is 0 Å². The lowest BCUT2D eigenvalue weighted by molar-refractivity contribution is -0.139. The van der Waals surface area contributed by atoms with E-state index in [1.165, 1.54) is 0 Å². The number of ether oxygens (including phenoxy) is 1. The van der Waals surface area contributed by atoms with Gasteiger partial charge in [-0.25, -0.2) is 0 Å². The molecular weight excluding hydrogens is 294 g/mol. The minimum Gasteiger partial charge on any atom is -0.497 e. The van der Waals surface area contributed by atoms with Gasteiger partial charge in [0.2, 0.25) is 5.91 Å². The Morgan fingerprint density at radius 2 is 1.87 bits per heavy atom. The molecule has 1 atom stereocenters. The van der Waals surface area contributed by atoms with Crippen LogP contribution in [0.2, 0.25) is 0 Å². The van der Waals surface area contributed by atoms with Crippen molar-refractivity contribution >= 4 is 11.9 Å². The van der Waals surface area contributed by atoms with E-state index < -0.39 is 11.5 Å². The maximum atomic E-state index is 12.1. The maximum Gasteiger partial charge on any atom is 0.305 e. The Labute approximate surface area is 138 Å². The van der Waals surface area contributed by atoms with E-state index in [2.05, 4.69) is 5.32 Å². The molecule has 0 saturated carbocycles. The van der Waals surface area contributed by atoms with Gasteiger partial charge in [0.05, 0.1) is 13.5 Å². The number of nitrogens with one attached hydrogen (secondary N) is 1. The van der Waals surface area contributed by atoms with Gasteiger partial charge in [0.15, 0.2) is 0 Å². The van der Waals surface area contributed by atoms with Gasteiger partial charge >= 0.3 is 5.97 Å². The van der Waals surface area contributed by atoms with Crippen LogP contribution in [-0.2, 0) is 16.0 Å². The van der Waals surface area contributed by atoms with E-state index >= 15 is 0 Å². The van der Waals surface area contributed by atoms with Crippen LogP contribution in [0.1, 0.15) is 45.6 Å². The van der Waals surface area contributed by atoms with Gasteiger partial charge in [0.25, 0.3) is 0 Å². The minimum absolute atomic E-state index is 0.0455. The summed E-state index contributed by atoms with van der Waals surface area (Å²) in [5, 5.41) is 11.9. The number of hydrogen-bond donors (Lipinski definition) is 2. The van der Waals surface area contributed by atoms with Crippen molar-refractivity contribution in [2.75, 3.05) is 7.11 Å². The average molecular weight is 321 g/mol. The van der Waals surface area contributed by atoms with E-state index in [1.807, 2.05) is 38.1 Å². The number of hydrogen-bond acceptors (Lipinski definition) is 3. The molecule has 5 heteroatoms. The number of aryl methyl sites for hydroxylation is 1. The summed E-state index contributed by atoms with van der Waals surface area (Å²) in [4.78, 5) is 23.1. The molecule has 0 aliphatic carbocycles. The van der Waals surface area contributed by atoms with E-state index in [4.69, 9.17) is 9.84 Å². The van der Waals surface area contributed by atoms with E-state index in [1.54, 1.807) is 14.0 Å². The third-order valence-corrected chi connectivity index (χ3v) is 4.25. The van der Waals surface area contributed by atoms with E-state index in [9.17, 15) is 9.59 Å². The summed E-state index contributed by atoms with van der Waals surface area (Å²) >= 11 is 0. The highest BCUT2D eigenvalue weighted by molar-refractivity contribution is 5.78. The van der Waals surface area contributed by atoms with Gasteiger partial charge in [0.1, 0.15) is 5.75 Å². The van der Waals surface area contributed by atoms with E-state index in [0.717, 1.165) is 24.2 Å². The van der Waals surface area contributed by atoms with Crippen molar-refractivity contribution in [3.63, 3.8) is 0 Å². The summed E-state index contributed by atoms with van der Waals surface area (Å²) in [7, 11) is 1.63. The lowest BCUT2D eigenvalue weighted by atomic mass is 9.85. The molecule has 2 N–H and O–H groups in total. The smallest absolute Gasteiger partial charge is 0.305 e. The van der Waals surface area contributed by atoms with Crippen LogP contribution in [0.15, 0.2) is 24.3 Å². The fourth-order valence-corrected chi connectivity index (χ4v) is 2.33. The zero-order chi connectivity index (χ0) is 17.5. The predicted molar refractivity (Wildman–Crippen MR) is 89.6 cm³/mol. The van der Waals surface area contributed by atoms with Gasteiger partial charge in [0, 0.05) is 12.0 Å². The molecule has 23 heavy (non-hydrogen) atoms. The van der Waals surface area contributed by atoms with Gasteiger partial charge < -0.3 is 15.2 Å². The molecule has 0 aliphatic heterocycles. The minimum atomic E-state index is -0.903. The SMILES string of the molecule is COc1ccc(CCCC(=O)NC(C)(CC(=O)O)C(C)C)cc1. The average Bonchev–Trinajstić information content (AvgIpc) is 2.46. The molecule has 1 aromatic carbocycles. The highest BCUT2D eigenvalue weighted by atomic mass is 16.5. The summed E-state index contributed by atoms with van der Waals surface area (Å²) in [5.41, 5.74) is 0.430. The largest absolute Gasteiger partial charge is 0.497 e. The van der Waals surface area contributed by atoms with Crippen LogP contribution in [0.25, 0.3) is 0 Å². The van der Waals surface area contributed by atoms with Gasteiger partial charge in [-0.1, -0.05) is 26.0 Å². The van der Waals surface area contributed by atoms with Crippen molar-refractivity contribution < 1.29 is 19.4 Å². The standard InChI is InChI=1S/C18H27NO4/c1-13(2)18(3,12-17(21)22)19-16(20)7-5-6-14-8-10-15(23-4)11-9-14/h8-11,13H,5-7,12H2,1-4H3,(H,19,20)(H,21,22). The summed E-state index contributed by atoms with van der Waals surface area (Å²) in [6, 6.07) is 7.77. The van der Waals surface area contributed by atoms with E-state index in [-0.39, 0.29) is 18.2 Å². The Morgan fingerprint density at radius 1 is 1.26 bits per heavy atom. The molecule has 0 radical (unpaired) electrons. The highest BCUT2D eigenvalue weighted by Crippen LogP contribution is 2.21. The number of aliphatic carboxylic acids is 1. The molecule has 1 unspecified atom stereocenters. The predicted octanol–water partition coefficient (Wildman–Crippen LogP) is 3.02. The summed E-state index contributed by atoms with van der Waals surface area (Å²) in [5.74, 6) is -0.146. The monoisotopic (exact) mass is 321 g/mol. The molecule has 0 spiro atoms. The van der Waals surface area contributed by atoms with Crippen molar-refractivity contribution in [2.45, 2.75) is 52.0 Å². The fourth-order valence-electron chi connectivity index (χ4n) is 2.33. The molecular formula is C18H27NO4. The first-order chi connectivity index (χ1) is 10.8. The Hall–Kier alpha value is -2.04. The highest BCUT2D eigenvalue weighted by Gasteiger charge is 2.32. The molecule has 0 heterocycles. The van der Waals surface area contributed by atoms with E-state index in [0.29, 0.717) is 6.42 Å². The Morgan fingerprint density at radius 3 is 2.35 bits per heavy atom. The number of methoxy groups -OCH3 is 1. The number of benzene rings is 1. The summed E-state index contributed by atoms with van der Waals surface area (Å²) in [6.45, 7) is 5.62. The molecule has 128 valence electrons. The van der Waals surface area contributed by atoms with Gasteiger partial charge in [-0.3, -0.25) is 9.59 Å². The third-order valence-electron chi connectivity index (χ3n) is 4.25. The van der Waals surface area contributed by atoms with Crippen molar-refractivity contribution in [1.29, 1.82) is 0 Å². The number of carbonyl (C=O) groups excluding carboxylic acids is 1. The lowest BCUT2D eigenvalue weighted by Gasteiger charge is -2.33. The first-order valence-electron chi connectivity index (χ1n) is 7.92. The topological polar surface area (TPSA) is 75.6 Å². The molecule has 0 saturated heterocycles. The zero-order valence-corrected chi connectivity index (χ0v) is 14.4. The summed E-state index contributed by atoms with van der Waals surface area (Å²) in [6.07, 6.45) is 1.83. The number of rotatable bonds is 9. The van der Waals surface area contributed by atoms with Crippen LogP contribution in [0.4, 0.5) is 0 Å². The van der Waals surface area contributed by atoms with Crippen LogP contribution in [0.3, 0.4) is 0 Å². The fraction of sp³-hybridized carbons (Fsp3) is 0.556. The van der Waals surface area contributed by atoms with Crippen LogP contribution in [0.5, 0.6) is 5.75 Å². The Bertz CT molecular complexity index is 524. The van der Waals surface area contributed by atoms with Crippen molar-refractivity contribution in [3.05, 3.63) is 29.8 Å². The second kappa shape index (κ2) is 8.56. The number of amides is 1.